The van der Waals surface area contributed by atoms with Gasteiger partial charge in [0.2, 0.25) is 20.7 Å². The summed E-state index contributed by atoms with van der Waals surface area (Å²) in [4.78, 5) is 4.31. The molecule has 7 nitrogen and oxygen atoms in total. The first-order valence-corrected chi connectivity index (χ1v) is 9.65. The summed E-state index contributed by atoms with van der Waals surface area (Å²) in [6.07, 6.45) is 3.00. The van der Waals surface area contributed by atoms with Crippen LogP contribution in [0.4, 0.5) is 5.88 Å². The standard InChI is InChI=1S/C19H16N2O5S/c1-13-6-8-15(9-7-13)27(22,23)19-18(20-12-14-4-2-10-24-14)26-17(21-19)16-5-3-11-25-16/h2-11,20H,12H2,1H3. The van der Waals surface area contributed by atoms with Crippen LogP contribution in [0.25, 0.3) is 11.7 Å². The lowest BCUT2D eigenvalue weighted by Crippen LogP contribution is -2.07. The molecule has 3 heterocycles. The first-order chi connectivity index (χ1) is 13.0. The molecule has 3 aromatic heterocycles. The van der Waals surface area contributed by atoms with E-state index in [1.807, 2.05) is 6.92 Å². The molecule has 1 N–H and O–H groups in total. The number of oxazole rings is 1. The molecular weight excluding hydrogens is 368 g/mol. The number of hydrogen-bond acceptors (Lipinski definition) is 7. The number of anilines is 1. The molecule has 0 fully saturated rings. The maximum atomic E-state index is 13.1. The summed E-state index contributed by atoms with van der Waals surface area (Å²) in [6, 6.07) is 13.4. The Morgan fingerprint density at radius 2 is 1.74 bits per heavy atom. The molecule has 0 bridgehead atoms. The minimum Gasteiger partial charge on any atom is -0.467 e. The van der Waals surface area contributed by atoms with Gasteiger partial charge in [-0.1, -0.05) is 17.7 Å². The molecule has 0 saturated carbocycles. The molecule has 1 aromatic carbocycles. The van der Waals surface area contributed by atoms with Crippen LogP contribution >= 0.6 is 0 Å². The van der Waals surface area contributed by atoms with Gasteiger partial charge in [0.1, 0.15) is 5.76 Å². The Hall–Kier alpha value is -3.26. The molecule has 0 saturated heterocycles. The molecule has 0 aliphatic heterocycles. The number of rotatable bonds is 6. The molecule has 0 atom stereocenters. The van der Waals surface area contributed by atoms with Crippen LogP contribution in [0.2, 0.25) is 0 Å². The van der Waals surface area contributed by atoms with E-state index >= 15 is 0 Å². The molecular formula is C19H16N2O5S. The van der Waals surface area contributed by atoms with Crippen LogP contribution in [-0.2, 0) is 16.4 Å². The van der Waals surface area contributed by atoms with Gasteiger partial charge in [0.15, 0.2) is 5.76 Å². The van der Waals surface area contributed by atoms with Crippen LogP contribution in [-0.4, -0.2) is 13.4 Å². The van der Waals surface area contributed by atoms with Crippen molar-refractivity contribution in [1.29, 1.82) is 0 Å². The van der Waals surface area contributed by atoms with Crippen LogP contribution < -0.4 is 5.32 Å². The number of hydrogen-bond donors (Lipinski definition) is 1. The Kier molecular flexibility index (Phi) is 4.33. The summed E-state index contributed by atoms with van der Waals surface area (Å²) in [6.45, 7) is 2.13. The third-order valence-electron chi connectivity index (χ3n) is 3.92. The zero-order valence-electron chi connectivity index (χ0n) is 14.4. The largest absolute Gasteiger partial charge is 0.467 e. The predicted octanol–water partition coefficient (Wildman–Crippen LogP) is 4.28. The molecule has 0 amide bonds. The lowest BCUT2D eigenvalue weighted by molar-refractivity contribution is 0.504. The normalized spacial score (nSPS) is 11.6. The van der Waals surface area contributed by atoms with Gasteiger partial charge < -0.3 is 18.6 Å². The van der Waals surface area contributed by atoms with E-state index in [-0.39, 0.29) is 28.2 Å². The van der Waals surface area contributed by atoms with E-state index in [2.05, 4.69) is 10.3 Å². The molecule has 4 aromatic rings. The maximum absolute atomic E-state index is 13.1. The van der Waals surface area contributed by atoms with Crippen molar-refractivity contribution in [2.75, 3.05) is 5.32 Å². The van der Waals surface area contributed by atoms with Crippen LogP contribution in [0, 0.1) is 6.92 Å². The summed E-state index contributed by atoms with van der Waals surface area (Å²) < 4.78 is 42.4. The zero-order chi connectivity index (χ0) is 18.9. The van der Waals surface area contributed by atoms with Gasteiger partial charge in [-0.3, -0.25) is 0 Å². The molecule has 0 aliphatic rings. The van der Waals surface area contributed by atoms with E-state index in [0.717, 1.165) is 5.56 Å². The van der Waals surface area contributed by atoms with Crippen LogP contribution in [0.1, 0.15) is 11.3 Å². The van der Waals surface area contributed by atoms with Crippen molar-refractivity contribution in [3.05, 3.63) is 72.4 Å². The van der Waals surface area contributed by atoms with Crippen molar-refractivity contribution in [3.8, 4) is 11.7 Å². The quantitative estimate of drug-likeness (QED) is 0.530. The van der Waals surface area contributed by atoms with Gasteiger partial charge in [-0.25, -0.2) is 8.42 Å². The van der Waals surface area contributed by atoms with Crippen molar-refractivity contribution in [1.82, 2.24) is 4.98 Å². The Morgan fingerprint density at radius 1 is 1.00 bits per heavy atom. The molecule has 0 spiro atoms. The molecule has 8 heteroatoms. The molecule has 4 rings (SSSR count). The van der Waals surface area contributed by atoms with Gasteiger partial charge in [-0.2, -0.15) is 4.98 Å². The Labute approximate surface area is 155 Å². The maximum Gasteiger partial charge on any atom is 0.266 e. The van der Waals surface area contributed by atoms with Crippen LogP contribution in [0.5, 0.6) is 0 Å². The molecule has 0 radical (unpaired) electrons. The number of nitrogens with zero attached hydrogens (tertiary/aromatic N) is 1. The molecule has 27 heavy (non-hydrogen) atoms. The summed E-state index contributed by atoms with van der Waals surface area (Å²) in [5.74, 6) is 1.07. The van der Waals surface area contributed by atoms with Gasteiger partial charge >= 0.3 is 0 Å². The van der Waals surface area contributed by atoms with Crippen molar-refractivity contribution in [2.45, 2.75) is 23.4 Å². The van der Waals surface area contributed by atoms with E-state index < -0.39 is 9.84 Å². The van der Waals surface area contributed by atoms with Gasteiger partial charge in [0, 0.05) is 0 Å². The average molecular weight is 384 g/mol. The highest BCUT2D eigenvalue weighted by Gasteiger charge is 2.29. The summed E-state index contributed by atoms with van der Waals surface area (Å²) in [5, 5.41) is 2.74. The van der Waals surface area contributed by atoms with E-state index in [4.69, 9.17) is 13.3 Å². The fourth-order valence-electron chi connectivity index (χ4n) is 2.52. The number of nitrogens with one attached hydrogen (secondary N) is 1. The summed E-state index contributed by atoms with van der Waals surface area (Å²) >= 11 is 0. The molecule has 138 valence electrons. The highest BCUT2D eigenvalue weighted by atomic mass is 32.2. The lowest BCUT2D eigenvalue weighted by Gasteiger charge is -2.05. The van der Waals surface area contributed by atoms with Crippen molar-refractivity contribution < 1.29 is 21.7 Å². The first-order valence-electron chi connectivity index (χ1n) is 8.17. The fraction of sp³-hybridized carbons (Fsp3) is 0.105. The van der Waals surface area contributed by atoms with Crippen molar-refractivity contribution in [3.63, 3.8) is 0 Å². The lowest BCUT2D eigenvalue weighted by atomic mass is 10.2. The van der Waals surface area contributed by atoms with Crippen molar-refractivity contribution in [2.24, 2.45) is 0 Å². The smallest absolute Gasteiger partial charge is 0.266 e. The Morgan fingerprint density at radius 3 is 2.41 bits per heavy atom. The number of sulfone groups is 1. The van der Waals surface area contributed by atoms with Gasteiger partial charge in [0.25, 0.3) is 5.89 Å². The minimum atomic E-state index is -3.89. The highest BCUT2D eigenvalue weighted by Crippen LogP contribution is 2.32. The number of furan rings is 2. The van der Waals surface area contributed by atoms with E-state index in [1.165, 1.54) is 12.5 Å². The van der Waals surface area contributed by atoms with Gasteiger partial charge in [-0.05, 0) is 43.3 Å². The van der Waals surface area contributed by atoms with E-state index in [9.17, 15) is 8.42 Å². The monoisotopic (exact) mass is 384 g/mol. The van der Waals surface area contributed by atoms with Crippen LogP contribution in [0.3, 0.4) is 0 Å². The van der Waals surface area contributed by atoms with Gasteiger partial charge in [0.05, 0.1) is 24.0 Å². The predicted molar refractivity (Wildman–Crippen MR) is 96.9 cm³/mol. The number of benzene rings is 1. The molecule has 0 unspecified atom stereocenters. The highest BCUT2D eigenvalue weighted by molar-refractivity contribution is 7.91. The topological polar surface area (TPSA) is 98.5 Å². The summed E-state index contributed by atoms with van der Waals surface area (Å²) in [7, 11) is -3.89. The Bertz CT molecular complexity index is 1130. The minimum absolute atomic E-state index is 0.0263. The van der Waals surface area contributed by atoms with E-state index in [0.29, 0.717) is 11.5 Å². The average Bonchev–Trinajstić information content (AvgIpc) is 3.40. The fourth-order valence-corrected chi connectivity index (χ4v) is 3.79. The van der Waals surface area contributed by atoms with Crippen LogP contribution in [0.15, 0.2) is 84.2 Å². The zero-order valence-corrected chi connectivity index (χ0v) is 15.2. The van der Waals surface area contributed by atoms with Gasteiger partial charge in [-0.15, -0.1) is 0 Å². The number of aromatic nitrogens is 1. The number of aryl methyl sites for hydroxylation is 1. The second kappa shape index (κ2) is 6.81. The SMILES string of the molecule is Cc1ccc(S(=O)(=O)c2nc(-c3ccco3)oc2NCc2ccco2)cc1. The summed E-state index contributed by atoms with van der Waals surface area (Å²) in [5.41, 5.74) is 0.960. The third-order valence-corrected chi connectivity index (χ3v) is 5.60. The van der Waals surface area contributed by atoms with Crippen molar-refractivity contribution >= 4 is 15.7 Å². The molecule has 0 aliphatic carbocycles. The second-order valence-electron chi connectivity index (χ2n) is 5.88. The Balaban J connectivity index is 1.76. The van der Waals surface area contributed by atoms with E-state index in [1.54, 1.807) is 48.5 Å². The second-order valence-corrected chi connectivity index (χ2v) is 7.74. The third kappa shape index (κ3) is 3.39. The first kappa shape index (κ1) is 17.2.